The third kappa shape index (κ3) is 6.18. The number of hydrogen-bond acceptors (Lipinski definition) is 8. The fourth-order valence-electron chi connectivity index (χ4n) is 5.86. The molecule has 3 aromatic rings. The van der Waals surface area contributed by atoms with Crippen LogP contribution in [0.25, 0.3) is 10.8 Å². The highest BCUT2D eigenvalue weighted by Gasteiger charge is 2.54. The van der Waals surface area contributed by atoms with Crippen molar-refractivity contribution in [1.82, 2.24) is 25.3 Å². The number of fused-ring (bicyclic) bond motifs is 2. The van der Waals surface area contributed by atoms with Crippen molar-refractivity contribution in [2.24, 2.45) is 0 Å². The lowest BCUT2D eigenvalue weighted by atomic mass is 10.0. The topological polar surface area (TPSA) is 145 Å². The Balaban J connectivity index is 1.13. The van der Waals surface area contributed by atoms with Crippen LogP contribution in [0.5, 0.6) is 0 Å². The normalized spacial score (nSPS) is 20.0. The second kappa shape index (κ2) is 13.3. The third-order valence-electron chi connectivity index (χ3n) is 8.43. The maximum Gasteiger partial charge on any atom is 0.355 e. The molecule has 3 aliphatic heterocycles. The molecule has 3 aliphatic rings. The van der Waals surface area contributed by atoms with Crippen LogP contribution in [0.2, 0.25) is 0 Å². The van der Waals surface area contributed by atoms with Gasteiger partial charge in [0.15, 0.2) is 0 Å². The van der Waals surface area contributed by atoms with Gasteiger partial charge in [-0.25, -0.2) is 9.59 Å². The minimum absolute atomic E-state index is 0.0203. The summed E-state index contributed by atoms with van der Waals surface area (Å²) in [6, 6.07) is 18.9. The number of benzene rings is 3. The van der Waals surface area contributed by atoms with E-state index in [1.54, 1.807) is 44.2 Å². The minimum atomic E-state index is -1.27. The molecule has 3 aromatic carbocycles. The van der Waals surface area contributed by atoms with Crippen LogP contribution in [-0.2, 0) is 35.3 Å². The lowest BCUT2D eigenvalue weighted by molar-refractivity contribution is -0.154. The summed E-state index contributed by atoms with van der Waals surface area (Å²) in [5.41, 5.74) is 2.07. The molecule has 242 valence electrons. The van der Waals surface area contributed by atoms with Gasteiger partial charge >= 0.3 is 23.8 Å². The molecule has 0 spiro atoms. The van der Waals surface area contributed by atoms with E-state index in [4.69, 9.17) is 4.74 Å². The molecule has 6 rings (SSSR count). The van der Waals surface area contributed by atoms with E-state index in [9.17, 15) is 28.8 Å². The molecular formula is C34H33N5O7S. The van der Waals surface area contributed by atoms with Crippen LogP contribution in [0.1, 0.15) is 31.0 Å². The molecule has 0 saturated carbocycles. The number of urea groups is 1. The van der Waals surface area contributed by atoms with Crippen molar-refractivity contribution in [3.05, 3.63) is 95.2 Å². The van der Waals surface area contributed by atoms with Crippen LogP contribution in [0.15, 0.2) is 84.1 Å². The van der Waals surface area contributed by atoms with E-state index in [1.165, 1.54) is 21.6 Å². The summed E-state index contributed by atoms with van der Waals surface area (Å²) in [4.78, 5) is 82.1. The van der Waals surface area contributed by atoms with E-state index in [1.807, 2.05) is 42.5 Å². The van der Waals surface area contributed by atoms with E-state index in [0.717, 1.165) is 21.2 Å². The van der Waals surface area contributed by atoms with Gasteiger partial charge in [0.05, 0.1) is 0 Å². The molecule has 3 heterocycles. The van der Waals surface area contributed by atoms with Gasteiger partial charge in [-0.1, -0.05) is 66.7 Å². The van der Waals surface area contributed by atoms with Crippen molar-refractivity contribution < 1.29 is 33.5 Å². The molecule has 2 fully saturated rings. The van der Waals surface area contributed by atoms with Crippen molar-refractivity contribution >= 4 is 58.2 Å². The summed E-state index contributed by atoms with van der Waals surface area (Å²) in [7, 11) is 0. The van der Waals surface area contributed by atoms with Gasteiger partial charge in [-0.3, -0.25) is 29.0 Å². The fourth-order valence-corrected chi connectivity index (χ4v) is 7.15. The summed E-state index contributed by atoms with van der Waals surface area (Å²) >= 11 is 1.40. The lowest BCUT2D eigenvalue weighted by Gasteiger charge is -2.49. The molecule has 13 heteroatoms. The van der Waals surface area contributed by atoms with Crippen molar-refractivity contribution in [1.29, 1.82) is 0 Å². The molecule has 12 nitrogen and oxygen atoms in total. The van der Waals surface area contributed by atoms with E-state index >= 15 is 0 Å². The molecule has 2 saturated heterocycles. The van der Waals surface area contributed by atoms with Gasteiger partial charge in [0, 0.05) is 25.4 Å². The number of nitrogens with zero attached hydrogens (tertiary/aromatic N) is 3. The predicted octanol–water partition coefficient (Wildman–Crippen LogP) is 2.70. The van der Waals surface area contributed by atoms with E-state index in [0.29, 0.717) is 23.4 Å². The van der Waals surface area contributed by atoms with Crippen molar-refractivity contribution in [2.45, 2.75) is 37.9 Å². The Morgan fingerprint density at radius 3 is 2.40 bits per heavy atom. The quantitative estimate of drug-likeness (QED) is 0.214. The number of carbonyl (C=O) groups excluding carboxylic acids is 6. The van der Waals surface area contributed by atoms with Crippen molar-refractivity contribution in [3.63, 3.8) is 0 Å². The van der Waals surface area contributed by atoms with Gasteiger partial charge in [0.1, 0.15) is 29.8 Å². The number of carbonyl (C=O) groups is 6. The molecule has 0 bridgehead atoms. The summed E-state index contributed by atoms with van der Waals surface area (Å²) in [5.74, 6) is -3.12. The molecule has 47 heavy (non-hydrogen) atoms. The Bertz CT molecular complexity index is 1810. The van der Waals surface area contributed by atoms with Gasteiger partial charge in [-0.2, -0.15) is 0 Å². The molecule has 2 unspecified atom stereocenters. The first-order chi connectivity index (χ1) is 22.7. The number of piperazine rings is 1. The monoisotopic (exact) mass is 655 g/mol. The fraction of sp³-hybridized carbons (Fsp3) is 0.294. The smallest absolute Gasteiger partial charge is 0.355 e. The van der Waals surface area contributed by atoms with E-state index in [-0.39, 0.29) is 25.4 Å². The van der Waals surface area contributed by atoms with Crippen LogP contribution in [-0.4, -0.2) is 87.1 Å². The molecular weight excluding hydrogens is 622 g/mol. The molecule has 3 atom stereocenters. The third-order valence-corrected chi connectivity index (χ3v) is 9.86. The number of esters is 1. The first-order valence-corrected chi connectivity index (χ1v) is 16.3. The first-order valence-electron chi connectivity index (χ1n) is 15.2. The SMILES string of the molecule is CCN1CCN(C(=O)NC(C(=O)NC2C(=O)N3C(C(=O)OCc4ccc5ccccc5c4)=C(C)CS[C@H]23)c2ccccc2)C(=O)C1=O. The largest absolute Gasteiger partial charge is 0.456 e. The average molecular weight is 656 g/mol. The number of rotatable bonds is 8. The highest BCUT2D eigenvalue weighted by atomic mass is 32.2. The molecule has 0 aliphatic carbocycles. The summed E-state index contributed by atoms with van der Waals surface area (Å²) < 4.78 is 5.64. The average Bonchev–Trinajstić information content (AvgIpc) is 3.09. The Kier molecular flexibility index (Phi) is 8.99. The number of β-lactam (4-membered cyclic amide) rings is 1. The molecule has 6 amide bonds. The molecule has 0 radical (unpaired) electrons. The Hall–Kier alpha value is -5.17. The highest BCUT2D eigenvalue weighted by Crippen LogP contribution is 2.40. The van der Waals surface area contributed by atoms with Crippen LogP contribution >= 0.6 is 11.8 Å². The number of amides is 6. The van der Waals surface area contributed by atoms with Crippen molar-refractivity contribution in [3.8, 4) is 0 Å². The Morgan fingerprint density at radius 2 is 1.66 bits per heavy atom. The van der Waals surface area contributed by atoms with Gasteiger partial charge in [0.2, 0.25) is 5.91 Å². The van der Waals surface area contributed by atoms with E-state index in [2.05, 4.69) is 10.6 Å². The predicted molar refractivity (Wildman–Crippen MR) is 173 cm³/mol. The highest BCUT2D eigenvalue weighted by molar-refractivity contribution is 8.00. The lowest BCUT2D eigenvalue weighted by Crippen LogP contribution is -2.71. The summed E-state index contributed by atoms with van der Waals surface area (Å²) in [6.45, 7) is 4.02. The molecule has 2 N–H and O–H groups in total. The van der Waals surface area contributed by atoms with Crippen molar-refractivity contribution in [2.75, 3.05) is 25.4 Å². The standard InChI is InChI=1S/C34H33N5O7S/c1-3-37-15-16-38(31(43)30(37)42)34(45)36-25(23-10-5-4-6-11-23)28(40)35-26-29(41)39-27(20(2)19-47-32(26)39)33(44)46-18-21-13-14-22-9-7-8-12-24(22)17-21/h4-14,17,25-26,32H,3,15-16,18-19H2,1-2H3,(H,35,40)(H,36,45)/t25?,26?,32-/m1/s1. The van der Waals surface area contributed by atoms with Gasteiger partial charge in [-0.15, -0.1) is 11.8 Å². The van der Waals surface area contributed by atoms with Gasteiger partial charge in [-0.05, 0) is 47.4 Å². The Labute approximate surface area is 275 Å². The van der Waals surface area contributed by atoms with E-state index < -0.39 is 53.1 Å². The summed E-state index contributed by atoms with van der Waals surface area (Å²) in [6.07, 6.45) is 0. The van der Waals surface area contributed by atoms with Gasteiger partial charge < -0.3 is 20.3 Å². The number of hydrogen-bond donors (Lipinski definition) is 2. The number of likely N-dealkylation sites (N-methyl/N-ethyl adjacent to an activating group) is 1. The first kappa shape index (κ1) is 31.8. The number of nitrogens with one attached hydrogen (secondary N) is 2. The second-order valence-corrected chi connectivity index (χ2v) is 12.5. The maximum absolute atomic E-state index is 13.7. The second-order valence-electron chi connectivity index (χ2n) is 11.4. The van der Waals surface area contributed by atoms with Crippen LogP contribution in [0.4, 0.5) is 4.79 Å². The number of thioether (sulfide) groups is 1. The van der Waals surface area contributed by atoms with Gasteiger partial charge in [0.25, 0.3) is 5.91 Å². The zero-order valence-electron chi connectivity index (χ0n) is 25.8. The maximum atomic E-state index is 13.7. The van der Waals surface area contributed by atoms with Crippen LogP contribution in [0, 0.1) is 0 Å². The minimum Gasteiger partial charge on any atom is -0.456 e. The molecule has 0 aromatic heterocycles. The number of ether oxygens (including phenoxy) is 1. The Morgan fingerprint density at radius 1 is 0.936 bits per heavy atom. The zero-order valence-corrected chi connectivity index (χ0v) is 26.6. The summed E-state index contributed by atoms with van der Waals surface area (Å²) in [5, 5.41) is 6.84. The van der Waals surface area contributed by atoms with Crippen LogP contribution in [0.3, 0.4) is 0 Å². The van der Waals surface area contributed by atoms with Crippen LogP contribution < -0.4 is 10.6 Å². The zero-order chi connectivity index (χ0) is 33.2. The number of imide groups is 1.